The molecule has 43 heavy (non-hydrogen) atoms. The molecule has 1 aliphatic carbocycles. The number of carbonyl (C=O) groups excluding carboxylic acids is 3. The van der Waals surface area contributed by atoms with Crippen LogP contribution in [0.15, 0.2) is 60.9 Å². The number of methoxy groups -OCH3 is 1. The lowest BCUT2D eigenvalue weighted by molar-refractivity contribution is 0.0142. The molecule has 1 saturated carbocycles. The van der Waals surface area contributed by atoms with Gasteiger partial charge in [-0.2, -0.15) is 0 Å². The highest BCUT2D eigenvalue weighted by Gasteiger charge is 2.40. The van der Waals surface area contributed by atoms with Crippen molar-refractivity contribution in [3.63, 3.8) is 0 Å². The molecule has 10 heteroatoms. The Morgan fingerprint density at radius 1 is 0.953 bits per heavy atom. The van der Waals surface area contributed by atoms with Crippen LogP contribution in [0.25, 0.3) is 11.4 Å². The van der Waals surface area contributed by atoms with E-state index in [0.717, 1.165) is 24.0 Å². The molecule has 1 saturated heterocycles. The topological polar surface area (TPSA) is 114 Å². The average Bonchev–Trinajstić information content (AvgIpc) is 3.82. The minimum Gasteiger partial charge on any atom is -0.444 e. The van der Waals surface area contributed by atoms with Gasteiger partial charge < -0.3 is 24.6 Å². The van der Waals surface area contributed by atoms with Gasteiger partial charge in [0.05, 0.1) is 12.2 Å². The van der Waals surface area contributed by atoms with Crippen LogP contribution in [0.2, 0.25) is 0 Å². The maximum absolute atomic E-state index is 13.6. The summed E-state index contributed by atoms with van der Waals surface area (Å²) in [5, 5.41) is 2.91. The molecular weight excluding hydrogens is 546 g/mol. The first kappa shape index (κ1) is 30.2. The normalized spacial score (nSPS) is 15.6. The molecule has 2 aliphatic rings. The van der Waals surface area contributed by atoms with Crippen molar-refractivity contribution in [2.75, 3.05) is 25.5 Å². The third-order valence-electron chi connectivity index (χ3n) is 7.48. The molecule has 3 amide bonds. The highest BCUT2D eigenvalue weighted by Crippen LogP contribution is 2.33. The monoisotopic (exact) mass is 587 g/mol. The molecule has 228 valence electrons. The van der Waals surface area contributed by atoms with Gasteiger partial charge in [0.2, 0.25) is 0 Å². The number of rotatable bonds is 8. The van der Waals surface area contributed by atoms with E-state index in [1.165, 1.54) is 0 Å². The SMILES string of the molecule is COCc1cccc(NC(=O)c2ccc(-c3ncc(C(=O)N(C4CC4)C4CCN(C(=O)OC(C)(C)C)CC4)cn3)cc2)c1.[HH]. The first-order chi connectivity index (χ1) is 20.6. The average molecular weight is 588 g/mol. The predicted molar refractivity (Wildman–Crippen MR) is 165 cm³/mol. The summed E-state index contributed by atoms with van der Waals surface area (Å²) in [6, 6.07) is 14.8. The van der Waals surface area contributed by atoms with E-state index in [2.05, 4.69) is 15.3 Å². The molecule has 2 heterocycles. The summed E-state index contributed by atoms with van der Waals surface area (Å²) in [7, 11) is 1.63. The first-order valence-corrected chi connectivity index (χ1v) is 14.7. The third kappa shape index (κ3) is 7.75. The van der Waals surface area contributed by atoms with Crippen molar-refractivity contribution in [2.45, 2.75) is 70.7 Å². The molecule has 0 spiro atoms. The number of benzene rings is 2. The lowest BCUT2D eigenvalue weighted by atomic mass is 10.0. The molecule has 0 radical (unpaired) electrons. The Morgan fingerprint density at radius 2 is 1.60 bits per heavy atom. The Morgan fingerprint density at radius 3 is 2.21 bits per heavy atom. The van der Waals surface area contributed by atoms with E-state index >= 15 is 0 Å². The molecule has 1 N–H and O–H groups in total. The van der Waals surface area contributed by atoms with Crippen molar-refractivity contribution in [3.8, 4) is 11.4 Å². The van der Waals surface area contributed by atoms with E-state index < -0.39 is 5.60 Å². The number of nitrogens with one attached hydrogen (secondary N) is 1. The maximum atomic E-state index is 13.6. The van der Waals surface area contributed by atoms with Crippen molar-refractivity contribution in [3.05, 3.63) is 77.6 Å². The predicted octanol–water partition coefficient (Wildman–Crippen LogP) is 5.79. The summed E-state index contributed by atoms with van der Waals surface area (Å²) in [6.45, 7) is 7.16. The summed E-state index contributed by atoms with van der Waals surface area (Å²) < 4.78 is 10.7. The van der Waals surface area contributed by atoms with Gasteiger partial charge in [0.25, 0.3) is 11.8 Å². The molecule has 0 unspecified atom stereocenters. The highest BCUT2D eigenvalue weighted by molar-refractivity contribution is 6.04. The van der Waals surface area contributed by atoms with Crippen LogP contribution in [0, 0.1) is 0 Å². The van der Waals surface area contributed by atoms with Crippen LogP contribution < -0.4 is 5.32 Å². The van der Waals surface area contributed by atoms with Gasteiger partial charge in [-0.1, -0.05) is 24.3 Å². The van der Waals surface area contributed by atoms with Crippen LogP contribution in [0.1, 0.15) is 74.2 Å². The summed E-state index contributed by atoms with van der Waals surface area (Å²) in [5.74, 6) is 0.172. The molecule has 10 nitrogen and oxygen atoms in total. The van der Waals surface area contributed by atoms with Gasteiger partial charge in [0, 0.05) is 62.9 Å². The number of hydrogen-bond acceptors (Lipinski definition) is 7. The van der Waals surface area contributed by atoms with E-state index in [1.807, 2.05) is 49.9 Å². The molecule has 0 atom stereocenters. The fourth-order valence-electron chi connectivity index (χ4n) is 5.25. The Balaban J connectivity index is 0.00000442. The van der Waals surface area contributed by atoms with Crippen LogP contribution in [0.4, 0.5) is 10.5 Å². The summed E-state index contributed by atoms with van der Waals surface area (Å²) >= 11 is 0. The number of carbonyl (C=O) groups is 3. The Kier molecular flexibility index (Phi) is 9.05. The summed E-state index contributed by atoms with van der Waals surface area (Å²) in [6.07, 6.45) is 6.22. The number of hydrogen-bond donors (Lipinski definition) is 1. The maximum Gasteiger partial charge on any atom is 0.410 e. The zero-order chi connectivity index (χ0) is 30.6. The fourth-order valence-corrected chi connectivity index (χ4v) is 5.25. The van der Waals surface area contributed by atoms with Gasteiger partial charge in [0.1, 0.15) is 5.60 Å². The van der Waals surface area contributed by atoms with E-state index in [9.17, 15) is 14.4 Å². The van der Waals surface area contributed by atoms with Gasteiger partial charge >= 0.3 is 6.09 Å². The number of amides is 3. The molecule has 2 fully saturated rings. The molecule has 2 aromatic carbocycles. The first-order valence-electron chi connectivity index (χ1n) is 14.7. The second-order valence-corrected chi connectivity index (χ2v) is 12.1. The van der Waals surface area contributed by atoms with Gasteiger partial charge in [-0.05, 0) is 76.3 Å². The van der Waals surface area contributed by atoms with Crippen LogP contribution in [-0.4, -0.2) is 75.6 Å². The van der Waals surface area contributed by atoms with E-state index in [-0.39, 0.29) is 31.4 Å². The largest absolute Gasteiger partial charge is 0.444 e. The molecule has 0 bridgehead atoms. The quantitative estimate of drug-likeness (QED) is 0.355. The summed E-state index contributed by atoms with van der Waals surface area (Å²) in [4.78, 5) is 51.5. The van der Waals surface area contributed by atoms with Crippen molar-refractivity contribution in [1.29, 1.82) is 0 Å². The number of nitrogens with zero attached hydrogens (tertiary/aromatic N) is 4. The lowest BCUT2D eigenvalue weighted by Crippen LogP contribution is -2.50. The standard InChI is InChI=1S/C33H39N5O5.H2/c1-33(2,3)43-32(41)37-16-14-28(15-17-37)38(27-12-13-27)31(40)25-19-34-29(35-20-25)23-8-10-24(11-9-23)30(39)36-26-7-5-6-22(18-26)21-42-4;/h5-11,18-20,27-28H,12-17,21H2,1-4H3,(H,36,39);1H. The second-order valence-electron chi connectivity index (χ2n) is 12.1. The number of ether oxygens (including phenoxy) is 2. The fraction of sp³-hybridized carbons (Fsp3) is 0.424. The van der Waals surface area contributed by atoms with Crippen molar-refractivity contribution in [2.24, 2.45) is 0 Å². The second kappa shape index (κ2) is 12.9. The van der Waals surface area contributed by atoms with E-state index in [4.69, 9.17) is 9.47 Å². The van der Waals surface area contributed by atoms with E-state index in [1.54, 1.807) is 48.7 Å². The molecule has 5 rings (SSSR count). The third-order valence-corrected chi connectivity index (χ3v) is 7.48. The minimum atomic E-state index is -0.537. The van der Waals surface area contributed by atoms with Crippen molar-refractivity contribution in [1.82, 2.24) is 19.8 Å². The zero-order valence-corrected chi connectivity index (χ0v) is 25.2. The zero-order valence-electron chi connectivity index (χ0n) is 25.2. The minimum absolute atomic E-state index is 0. The lowest BCUT2D eigenvalue weighted by Gasteiger charge is -2.39. The highest BCUT2D eigenvalue weighted by atomic mass is 16.6. The van der Waals surface area contributed by atoms with Crippen molar-refractivity contribution >= 4 is 23.6 Å². The van der Waals surface area contributed by atoms with Crippen LogP contribution in [0.3, 0.4) is 0 Å². The van der Waals surface area contributed by atoms with Gasteiger partial charge in [0.15, 0.2) is 5.82 Å². The van der Waals surface area contributed by atoms with Crippen LogP contribution >= 0.6 is 0 Å². The Hall–Kier alpha value is -4.31. The number of anilines is 1. The number of aromatic nitrogens is 2. The smallest absolute Gasteiger partial charge is 0.410 e. The Labute approximate surface area is 253 Å². The Bertz CT molecular complexity index is 1450. The van der Waals surface area contributed by atoms with Gasteiger partial charge in [-0.25, -0.2) is 14.8 Å². The summed E-state index contributed by atoms with van der Waals surface area (Å²) in [5.41, 5.74) is 2.82. The van der Waals surface area contributed by atoms with Crippen LogP contribution in [-0.2, 0) is 16.1 Å². The van der Waals surface area contributed by atoms with Crippen LogP contribution in [0.5, 0.6) is 0 Å². The molecule has 1 aliphatic heterocycles. The van der Waals surface area contributed by atoms with Gasteiger partial charge in [-0.3, -0.25) is 9.59 Å². The molecular formula is C33H41N5O5. The van der Waals surface area contributed by atoms with Crippen molar-refractivity contribution < 1.29 is 25.3 Å². The number of likely N-dealkylation sites (tertiary alicyclic amines) is 1. The van der Waals surface area contributed by atoms with E-state index in [0.29, 0.717) is 55.2 Å². The van der Waals surface area contributed by atoms with Gasteiger partial charge in [-0.15, -0.1) is 0 Å². The number of piperidine rings is 1. The molecule has 3 aromatic rings. The molecule has 1 aromatic heterocycles.